The van der Waals surface area contributed by atoms with E-state index in [2.05, 4.69) is 15.5 Å². The molecule has 1 saturated carbocycles. The van der Waals surface area contributed by atoms with Gasteiger partial charge >= 0.3 is 6.18 Å². The van der Waals surface area contributed by atoms with Crippen molar-refractivity contribution < 1.29 is 17.9 Å². The molecule has 4 atom stereocenters. The van der Waals surface area contributed by atoms with Crippen molar-refractivity contribution in [3.63, 3.8) is 0 Å². The number of alkyl halides is 3. The number of halogens is 3. The van der Waals surface area contributed by atoms with Crippen molar-refractivity contribution in [2.24, 2.45) is 11.7 Å². The van der Waals surface area contributed by atoms with Crippen LogP contribution in [0.5, 0.6) is 0 Å². The molecule has 4 unspecified atom stereocenters. The summed E-state index contributed by atoms with van der Waals surface area (Å²) in [6.07, 6.45) is -2.43. The lowest BCUT2D eigenvalue weighted by Gasteiger charge is -2.52. The van der Waals surface area contributed by atoms with Crippen LogP contribution in [0.3, 0.4) is 0 Å². The highest BCUT2D eigenvalue weighted by atomic mass is 19.4. The van der Waals surface area contributed by atoms with Gasteiger partial charge in [-0.2, -0.15) is 13.2 Å². The van der Waals surface area contributed by atoms with Crippen LogP contribution < -0.4 is 11.1 Å². The number of aromatic nitrogens is 2. The van der Waals surface area contributed by atoms with E-state index in [1.54, 1.807) is 0 Å². The number of ether oxygens (including phenoxy) is 1. The van der Waals surface area contributed by atoms with Gasteiger partial charge in [0.2, 0.25) is 0 Å². The van der Waals surface area contributed by atoms with E-state index in [0.29, 0.717) is 12.5 Å². The number of nitrogens with two attached hydrogens (primary N) is 1. The van der Waals surface area contributed by atoms with Crippen LogP contribution in [-0.2, 0) is 10.9 Å². The molecule has 20 heavy (non-hydrogen) atoms. The molecule has 1 saturated heterocycles. The van der Waals surface area contributed by atoms with Crippen LogP contribution in [0.25, 0.3) is 0 Å². The monoisotopic (exact) mass is 288 g/mol. The summed E-state index contributed by atoms with van der Waals surface area (Å²) in [5, 5.41) is 9.73. The maximum absolute atomic E-state index is 12.4. The summed E-state index contributed by atoms with van der Waals surface area (Å²) >= 11 is 0. The zero-order valence-electron chi connectivity index (χ0n) is 10.6. The zero-order valence-corrected chi connectivity index (χ0v) is 10.6. The fraction of sp³-hybridized carbons (Fsp3) is 0.667. The molecular weight excluding hydrogens is 273 g/mol. The molecule has 1 aromatic rings. The largest absolute Gasteiger partial charge is 0.435 e. The van der Waals surface area contributed by atoms with Crippen LogP contribution >= 0.6 is 0 Å². The third-order valence-electron chi connectivity index (χ3n) is 3.95. The number of nitrogens with zero attached hydrogens (tertiary/aromatic N) is 2. The Labute approximate surface area is 113 Å². The van der Waals surface area contributed by atoms with Crippen LogP contribution in [0.4, 0.5) is 19.0 Å². The maximum Gasteiger partial charge on any atom is 0.435 e. The summed E-state index contributed by atoms with van der Waals surface area (Å²) in [5.74, 6) is 0.606. The third-order valence-corrected chi connectivity index (χ3v) is 3.95. The summed E-state index contributed by atoms with van der Waals surface area (Å²) in [6.45, 7) is 0.699. The van der Waals surface area contributed by atoms with Crippen LogP contribution in [0.1, 0.15) is 18.5 Å². The molecule has 1 aromatic heterocycles. The summed E-state index contributed by atoms with van der Waals surface area (Å²) in [5.41, 5.74) is 5.05. The van der Waals surface area contributed by atoms with Gasteiger partial charge in [-0.15, -0.1) is 10.2 Å². The molecule has 1 aliphatic carbocycles. The molecule has 0 spiro atoms. The fourth-order valence-corrected chi connectivity index (χ4v) is 2.86. The average molecular weight is 288 g/mol. The van der Waals surface area contributed by atoms with E-state index in [1.165, 1.54) is 6.07 Å². The average Bonchev–Trinajstić information content (AvgIpc) is 2.44. The number of fused-ring (bicyclic) bond motifs is 1. The minimum atomic E-state index is -4.48. The van der Waals surface area contributed by atoms with Crippen molar-refractivity contribution in [3.05, 3.63) is 17.8 Å². The van der Waals surface area contributed by atoms with Gasteiger partial charge in [0, 0.05) is 18.6 Å². The standard InChI is InChI=1S/C12H15F3N4O/c13-12(14,15)7-3-4-8(19-18-7)17-10-9(16)6-2-1-5-20-11(6)10/h3-4,6,9-11H,1-2,5,16H2,(H,17,19). The van der Waals surface area contributed by atoms with E-state index in [9.17, 15) is 13.2 Å². The highest BCUT2D eigenvalue weighted by molar-refractivity contribution is 5.38. The molecule has 8 heteroatoms. The van der Waals surface area contributed by atoms with E-state index in [0.717, 1.165) is 18.9 Å². The molecule has 110 valence electrons. The minimum absolute atomic E-state index is 0.0165. The van der Waals surface area contributed by atoms with E-state index in [4.69, 9.17) is 10.5 Å². The molecule has 0 bridgehead atoms. The second-order valence-corrected chi connectivity index (χ2v) is 5.19. The smallest absolute Gasteiger partial charge is 0.376 e. The molecular formula is C12H15F3N4O. The van der Waals surface area contributed by atoms with E-state index < -0.39 is 11.9 Å². The van der Waals surface area contributed by atoms with Gasteiger partial charge in [-0.3, -0.25) is 0 Å². The molecule has 0 aromatic carbocycles. The Kier molecular flexibility index (Phi) is 3.29. The molecule has 1 aliphatic heterocycles. The van der Waals surface area contributed by atoms with Crippen LogP contribution in [0.2, 0.25) is 0 Å². The van der Waals surface area contributed by atoms with E-state index >= 15 is 0 Å². The summed E-state index contributed by atoms with van der Waals surface area (Å²) in [6, 6.07) is 1.98. The lowest BCUT2D eigenvalue weighted by molar-refractivity contribution is -0.141. The number of anilines is 1. The molecule has 0 radical (unpaired) electrons. The lowest BCUT2D eigenvalue weighted by atomic mass is 9.68. The molecule has 2 aliphatic rings. The first-order chi connectivity index (χ1) is 9.47. The Morgan fingerprint density at radius 3 is 2.75 bits per heavy atom. The first kappa shape index (κ1) is 13.6. The highest BCUT2D eigenvalue weighted by Gasteiger charge is 2.50. The van der Waals surface area contributed by atoms with Crippen LogP contribution in [0, 0.1) is 5.92 Å². The Morgan fingerprint density at radius 2 is 2.10 bits per heavy atom. The summed E-state index contributed by atoms with van der Waals surface area (Å²) in [4.78, 5) is 0. The van der Waals surface area contributed by atoms with Gasteiger partial charge in [-0.1, -0.05) is 0 Å². The predicted octanol–water partition coefficient (Wildman–Crippen LogP) is 1.41. The zero-order chi connectivity index (χ0) is 14.3. The Hall–Kier alpha value is -1.41. The van der Waals surface area contributed by atoms with Gasteiger partial charge in [0.25, 0.3) is 0 Å². The number of rotatable bonds is 2. The minimum Gasteiger partial charge on any atom is -0.376 e. The van der Waals surface area contributed by atoms with Crippen molar-refractivity contribution in [2.75, 3.05) is 11.9 Å². The first-order valence-corrected chi connectivity index (χ1v) is 6.51. The predicted molar refractivity (Wildman–Crippen MR) is 64.9 cm³/mol. The second kappa shape index (κ2) is 4.85. The molecule has 5 nitrogen and oxygen atoms in total. The molecule has 3 N–H and O–H groups in total. The fourth-order valence-electron chi connectivity index (χ4n) is 2.86. The highest BCUT2D eigenvalue weighted by Crippen LogP contribution is 2.38. The molecule has 0 amide bonds. The van der Waals surface area contributed by atoms with Crippen molar-refractivity contribution >= 4 is 5.82 Å². The Morgan fingerprint density at radius 1 is 1.30 bits per heavy atom. The van der Waals surface area contributed by atoms with Crippen LogP contribution in [0.15, 0.2) is 12.1 Å². The maximum atomic E-state index is 12.4. The SMILES string of the molecule is NC1C2CCCOC2C1Nc1ccc(C(F)(F)F)nn1. The van der Waals surface area contributed by atoms with Gasteiger partial charge in [-0.25, -0.2) is 0 Å². The topological polar surface area (TPSA) is 73.1 Å². The molecule has 3 rings (SSSR count). The van der Waals surface area contributed by atoms with Crippen LogP contribution in [-0.4, -0.2) is 35.0 Å². The lowest BCUT2D eigenvalue weighted by Crippen LogP contribution is -2.69. The van der Waals surface area contributed by atoms with E-state index in [1.807, 2.05) is 0 Å². The number of hydrogen-bond acceptors (Lipinski definition) is 5. The van der Waals surface area contributed by atoms with Gasteiger partial charge < -0.3 is 15.8 Å². The Bertz CT molecular complexity index is 479. The van der Waals surface area contributed by atoms with Gasteiger partial charge in [-0.05, 0) is 25.0 Å². The number of nitrogens with one attached hydrogen (secondary N) is 1. The van der Waals surface area contributed by atoms with Gasteiger partial charge in [0.15, 0.2) is 5.69 Å². The van der Waals surface area contributed by atoms with Crippen molar-refractivity contribution in [1.29, 1.82) is 0 Å². The van der Waals surface area contributed by atoms with Crippen molar-refractivity contribution in [2.45, 2.75) is 37.2 Å². The quantitative estimate of drug-likeness (QED) is 0.861. The first-order valence-electron chi connectivity index (χ1n) is 6.51. The second-order valence-electron chi connectivity index (χ2n) is 5.19. The van der Waals surface area contributed by atoms with Crippen molar-refractivity contribution in [3.8, 4) is 0 Å². The Balaban J connectivity index is 1.66. The van der Waals surface area contributed by atoms with E-state index in [-0.39, 0.29) is 24.0 Å². The summed E-state index contributed by atoms with van der Waals surface area (Å²) < 4.78 is 42.8. The summed E-state index contributed by atoms with van der Waals surface area (Å²) in [7, 11) is 0. The molecule has 2 fully saturated rings. The van der Waals surface area contributed by atoms with Crippen molar-refractivity contribution in [1.82, 2.24) is 10.2 Å². The van der Waals surface area contributed by atoms with Gasteiger partial charge in [0.05, 0.1) is 12.1 Å². The normalized spacial score (nSPS) is 33.2. The van der Waals surface area contributed by atoms with Gasteiger partial charge in [0.1, 0.15) is 5.82 Å². The third kappa shape index (κ3) is 2.33. The number of hydrogen-bond donors (Lipinski definition) is 2. The molecule has 2 heterocycles.